The zero-order valence-electron chi connectivity index (χ0n) is 12.4. The Labute approximate surface area is 128 Å². The predicted octanol–water partition coefficient (Wildman–Crippen LogP) is 1.93. The number of rotatable bonds is 1. The van der Waals surface area contributed by atoms with Crippen molar-refractivity contribution in [1.29, 1.82) is 0 Å². The van der Waals surface area contributed by atoms with Gasteiger partial charge in [-0.3, -0.25) is 9.88 Å². The van der Waals surface area contributed by atoms with Gasteiger partial charge in [0.05, 0.1) is 11.7 Å². The molecule has 1 fully saturated rings. The number of hydrogen-bond donors (Lipinski definition) is 1. The number of carbonyl (C=O) groups excluding carboxylic acids is 1. The lowest BCUT2D eigenvalue weighted by Gasteiger charge is -2.35. The van der Waals surface area contributed by atoms with E-state index in [1.807, 2.05) is 25.1 Å². The molecular weight excluding hydrogens is 278 g/mol. The number of aryl methyl sites for hydroxylation is 1. The summed E-state index contributed by atoms with van der Waals surface area (Å²) in [5.74, 6) is 0.674. The molecule has 112 valence electrons. The Balaban J connectivity index is 1.93. The van der Waals surface area contributed by atoms with Crippen LogP contribution in [-0.4, -0.2) is 35.1 Å². The zero-order valence-corrected chi connectivity index (χ0v) is 12.4. The first kappa shape index (κ1) is 13.1. The molecule has 0 aliphatic carbocycles. The van der Waals surface area contributed by atoms with Crippen LogP contribution in [0.5, 0.6) is 0 Å². The molecule has 0 radical (unpaired) electrons. The first-order valence-corrected chi connectivity index (χ1v) is 7.41. The highest BCUT2D eigenvalue weighted by atomic mass is 16.2. The summed E-state index contributed by atoms with van der Waals surface area (Å²) in [6, 6.07) is 5.73. The minimum atomic E-state index is -0.427. The lowest BCUT2D eigenvalue weighted by Crippen LogP contribution is -2.49. The standard InChI is InChI=1S/C16H17N5O/c1-10-8-11(2-5-18-10)13-3-6-19-15-14(13)20-7-4-12(9-20)21(15)16(17)22/h2-3,5-6,8,12H,4,7,9H2,1H3,(H2,17,22). The van der Waals surface area contributed by atoms with E-state index in [-0.39, 0.29) is 6.04 Å². The Morgan fingerprint density at radius 1 is 1.32 bits per heavy atom. The molecule has 2 amide bonds. The summed E-state index contributed by atoms with van der Waals surface area (Å²) in [7, 11) is 0. The van der Waals surface area contributed by atoms with Crippen LogP contribution >= 0.6 is 0 Å². The molecule has 6 heteroatoms. The van der Waals surface area contributed by atoms with Crippen LogP contribution in [0.2, 0.25) is 0 Å². The fourth-order valence-electron chi connectivity index (χ4n) is 3.49. The summed E-state index contributed by atoms with van der Waals surface area (Å²) < 4.78 is 0. The van der Waals surface area contributed by atoms with E-state index in [4.69, 9.17) is 5.73 Å². The van der Waals surface area contributed by atoms with Crippen LogP contribution in [0, 0.1) is 6.92 Å². The topological polar surface area (TPSA) is 75.3 Å². The molecular formula is C16H17N5O. The van der Waals surface area contributed by atoms with E-state index in [0.29, 0.717) is 5.82 Å². The van der Waals surface area contributed by atoms with Gasteiger partial charge in [-0.05, 0) is 37.1 Å². The average Bonchev–Trinajstić information content (AvgIpc) is 2.90. The highest BCUT2D eigenvalue weighted by Gasteiger charge is 2.40. The van der Waals surface area contributed by atoms with Gasteiger partial charge in [0.2, 0.25) is 0 Å². The summed E-state index contributed by atoms with van der Waals surface area (Å²) in [4.78, 5) is 24.5. The molecule has 2 aliphatic heterocycles. The lowest BCUT2D eigenvalue weighted by molar-refractivity contribution is 0.252. The maximum Gasteiger partial charge on any atom is 0.320 e. The maximum absolute atomic E-state index is 11.9. The van der Waals surface area contributed by atoms with Crippen molar-refractivity contribution in [2.24, 2.45) is 5.73 Å². The van der Waals surface area contributed by atoms with Gasteiger partial charge in [-0.25, -0.2) is 9.78 Å². The Bertz CT molecular complexity index is 760. The normalized spacial score (nSPS) is 19.2. The molecule has 0 spiro atoms. The second-order valence-electron chi connectivity index (χ2n) is 5.81. The molecule has 4 rings (SSSR count). The second kappa shape index (κ2) is 4.69. The molecule has 0 saturated carbocycles. The number of aromatic nitrogens is 2. The monoisotopic (exact) mass is 295 g/mol. The molecule has 2 N–H and O–H groups in total. The van der Waals surface area contributed by atoms with Crippen LogP contribution in [0.4, 0.5) is 16.3 Å². The van der Waals surface area contributed by atoms with Crippen LogP contribution in [0.3, 0.4) is 0 Å². The van der Waals surface area contributed by atoms with Gasteiger partial charge in [0.1, 0.15) is 0 Å². The van der Waals surface area contributed by atoms with Gasteiger partial charge in [-0.2, -0.15) is 0 Å². The van der Waals surface area contributed by atoms with Gasteiger partial charge in [0, 0.05) is 36.7 Å². The second-order valence-corrected chi connectivity index (χ2v) is 5.81. The number of fused-ring (bicyclic) bond motifs is 4. The van der Waals surface area contributed by atoms with Crippen molar-refractivity contribution in [1.82, 2.24) is 9.97 Å². The number of carbonyl (C=O) groups is 1. The number of nitrogens with two attached hydrogens (primary N) is 1. The van der Waals surface area contributed by atoms with Crippen molar-refractivity contribution in [2.75, 3.05) is 22.9 Å². The summed E-state index contributed by atoms with van der Waals surface area (Å²) in [5, 5.41) is 0. The molecule has 1 unspecified atom stereocenters. The van der Waals surface area contributed by atoms with Crippen LogP contribution in [0.25, 0.3) is 11.1 Å². The van der Waals surface area contributed by atoms with Gasteiger partial charge >= 0.3 is 6.03 Å². The van der Waals surface area contributed by atoms with Gasteiger partial charge in [0.15, 0.2) is 5.82 Å². The molecule has 2 aromatic heterocycles. The fraction of sp³-hybridized carbons (Fsp3) is 0.312. The number of anilines is 2. The Morgan fingerprint density at radius 2 is 2.14 bits per heavy atom. The summed E-state index contributed by atoms with van der Waals surface area (Å²) in [6.45, 7) is 3.71. The largest absolute Gasteiger partial charge is 0.366 e. The van der Waals surface area contributed by atoms with E-state index in [0.717, 1.165) is 42.0 Å². The van der Waals surface area contributed by atoms with Crippen LogP contribution < -0.4 is 15.5 Å². The first-order chi connectivity index (χ1) is 10.6. The lowest BCUT2D eigenvalue weighted by atomic mass is 10.0. The molecule has 6 nitrogen and oxygen atoms in total. The van der Waals surface area contributed by atoms with E-state index in [2.05, 4.69) is 14.9 Å². The third-order valence-corrected chi connectivity index (χ3v) is 4.42. The molecule has 2 aliphatic rings. The summed E-state index contributed by atoms with van der Waals surface area (Å²) in [5.41, 5.74) is 9.72. The van der Waals surface area contributed by atoms with Crippen molar-refractivity contribution in [2.45, 2.75) is 19.4 Å². The molecule has 22 heavy (non-hydrogen) atoms. The van der Waals surface area contributed by atoms with Crippen molar-refractivity contribution in [3.05, 3.63) is 36.3 Å². The molecule has 2 aromatic rings. The highest BCUT2D eigenvalue weighted by molar-refractivity contribution is 5.99. The third-order valence-electron chi connectivity index (χ3n) is 4.42. The first-order valence-electron chi connectivity index (χ1n) is 7.41. The summed E-state index contributed by atoms with van der Waals surface area (Å²) >= 11 is 0. The molecule has 2 bridgehead atoms. The third kappa shape index (κ3) is 1.83. The van der Waals surface area contributed by atoms with Gasteiger partial charge in [-0.1, -0.05) is 0 Å². The Kier molecular flexibility index (Phi) is 2.79. The quantitative estimate of drug-likeness (QED) is 0.872. The average molecular weight is 295 g/mol. The van der Waals surface area contributed by atoms with E-state index in [9.17, 15) is 4.79 Å². The Hall–Kier alpha value is -2.63. The van der Waals surface area contributed by atoms with E-state index in [1.165, 1.54) is 0 Å². The molecule has 4 heterocycles. The van der Waals surface area contributed by atoms with E-state index in [1.54, 1.807) is 17.3 Å². The van der Waals surface area contributed by atoms with Crippen LogP contribution in [0.15, 0.2) is 30.6 Å². The van der Waals surface area contributed by atoms with E-state index < -0.39 is 6.03 Å². The number of amides is 2. The predicted molar refractivity (Wildman–Crippen MR) is 84.9 cm³/mol. The number of nitrogens with zero attached hydrogens (tertiary/aromatic N) is 4. The smallest absolute Gasteiger partial charge is 0.320 e. The molecule has 0 aromatic carbocycles. The van der Waals surface area contributed by atoms with Crippen LogP contribution in [-0.2, 0) is 0 Å². The Morgan fingerprint density at radius 3 is 2.91 bits per heavy atom. The number of hydrogen-bond acceptors (Lipinski definition) is 4. The number of primary amides is 1. The summed E-state index contributed by atoms with van der Waals surface area (Å²) in [6.07, 6.45) is 4.47. The van der Waals surface area contributed by atoms with Gasteiger partial charge in [0.25, 0.3) is 0 Å². The van der Waals surface area contributed by atoms with Crippen LogP contribution in [0.1, 0.15) is 12.1 Å². The zero-order chi connectivity index (χ0) is 15.3. The minimum Gasteiger partial charge on any atom is -0.366 e. The van der Waals surface area contributed by atoms with Crippen molar-refractivity contribution in [3.8, 4) is 11.1 Å². The number of pyridine rings is 2. The molecule has 1 saturated heterocycles. The van der Waals surface area contributed by atoms with Gasteiger partial charge < -0.3 is 10.6 Å². The fourth-order valence-corrected chi connectivity index (χ4v) is 3.49. The van der Waals surface area contributed by atoms with Crippen molar-refractivity contribution >= 4 is 17.5 Å². The maximum atomic E-state index is 11.9. The highest BCUT2D eigenvalue weighted by Crippen LogP contribution is 2.44. The van der Waals surface area contributed by atoms with Crippen molar-refractivity contribution < 1.29 is 4.79 Å². The van der Waals surface area contributed by atoms with Crippen molar-refractivity contribution in [3.63, 3.8) is 0 Å². The minimum absolute atomic E-state index is 0.131. The number of urea groups is 1. The van der Waals surface area contributed by atoms with E-state index >= 15 is 0 Å². The van der Waals surface area contributed by atoms with Gasteiger partial charge in [-0.15, -0.1) is 0 Å². The molecule has 1 atom stereocenters. The SMILES string of the molecule is Cc1cc(-c2ccnc3c2N2CCC(C2)N3C(N)=O)ccn1.